The molecule has 1 aromatic carbocycles. The van der Waals surface area contributed by atoms with Crippen LogP contribution in [0.4, 0.5) is 16.5 Å². The van der Waals surface area contributed by atoms with Crippen molar-refractivity contribution in [3.63, 3.8) is 0 Å². The van der Waals surface area contributed by atoms with E-state index < -0.39 is 0 Å². The topological polar surface area (TPSA) is 90.3 Å². The van der Waals surface area contributed by atoms with Gasteiger partial charge in [-0.2, -0.15) is 5.10 Å². The fourth-order valence-electron chi connectivity index (χ4n) is 2.16. The highest BCUT2D eigenvalue weighted by atomic mass is 32.1. The summed E-state index contributed by atoms with van der Waals surface area (Å²) in [6, 6.07) is 7.47. The normalized spacial score (nSPS) is 10.5. The van der Waals surface area contributed by atoms with Crippen molar-refractivity contribution in [2.24, 2.45) is 0 Å². The summed E-state index contributed by atoms with van der Waals surface area (Å²) in [6.07, 6.45) is 3.34. The third kappa shape index (κ3) is 4.58. The molecule has 0 saturated heterocycles. The molecular formula is C17H19N5O3S. The van der Waals surface area contributed by atoms with Crippen LogP contribution < -0.4 is 15.4 Å². The van der Waals surface area contributed by atoms with E-state index in [9.17, 15) is 4.79 Å². The number of anilines is 3. The Bertz CT molecular complexity index is 859. The molecule has 0 spiro atoms. The number of aromatic nitrogens is 3. The zero-order valence-corrected chi connectivity index (χ0v) is 15.2. The molecule has 0 unspecified atom stereocenters. The van der Waals surface area contributed by atoms with Gasteiger partial charge in [-0.3, -0.25) is 9.48 Å². The maximum atomic E-state index is 12.3. The first kappa shape index (κ1) is 17.9. The van der Waals surface area contributed by atoms with E-state index in [2.05, 4.69) is 20.7 Å². The highest BCUT2D eigenvalue weighted by Crippen LogP contribution is 2.23. The molecule has 1 amide bonds. The lowest BCUT2D eigenvalue weighted by atomic mass is 10.3. The number of benzene rings is 1. The predicted octanol–water partition coefficient (Wildman–Crippen LogP) is 2.99. The Balaban J connectivity index is 1.59. The minimum absolute atomic E-state index is 0.282. The molecule has 0 fully saturated rings. The summed E-state index contributed by atoms with van der Waals surface area (Å²) in [4.78, 5) is 16.6. The SMILES string of the molecule is COCCn1cc(NC(=O)c2csc(Nc3ccc(OC)cc3)n2)cn1. The van der Waals surface area contributed by atoms with E-state index in [-0.39, 0.29) is 5.91 Å². The number of hydrogen-bond donors (Lipinski definition) is 2. The number of carbonyl (C=O) groups is 1. The molecule has 0 aliphatic carbocycles. The Kier molecular flexibility index (Phi) is 5.82. The standard InChI is InChI=1S/C17H19N5O3S/c1-24-8-7-22-10-13(9-18-22)19-16(23)15-11-26-17(21-15)20-12-3-5-14(25-2)6-4-12/h3-6,9-11H,7-8H2,1-2H3,(H,19,23)(H,20,21). The summed E-state index contributed by atoms with van der Waals surface area (Å²) in [7, 11) is 3.25. The molecule has 0 aliphatic heterocycles. The van der Waals surface area contributed by atoms with Crippen LogP contribution in [-0.4, -0.2) is 41.5 Å². The molecule has 136 valence electrons. The van der Waals surface area contributed by atoms with Crippen molar-refractivity contribution in [3.8, 4) is 5.75 Å². The van der Waals surface area contributed by atoms with E-state index in [0.717, 1.165) is 11.4 Å². The molecular weight excluding hydrogens is 354 g/mol. The summed E-state index contributed by atoms with van der Waals surface area (Å²) in [5.41, 5.74) is 1.82. The van der Waals surface area contributed by atoms with E-state index >= 15 is 0 Å². The molecule has 0 saturated carbocycles. The van der Waals surface area contributed by atoms with Crippen molar-refractivity contribution in [3.05, 3.63) is 47.7 Å². The lowest BCUT2D eigenvalue weighted by Crippen LogP contribution is -2.12. The quantitative estimate of drug-likeness (QED) is 0.631. The van der Waals surface area contributed by atoms with E-state index in [1.165, 1.54) is 11.3 Å². The molecule has 3 aromatic rings. The van der Waals surface area contributed by atoms with E-state index in [0.29, 0.717) is 29.7 Å². The van der Waals surface area contributed by atoms with Crippen molar-refractivity contribution in [1.29, 1.82) is 0 Å². The Morgan fingerprint density at radius 2 is 2.04 bits per heavy atom. The van der Waals surface area contributed by atoms with E-state index in [1.807, 2.05) is 24.3 Å². The first-order chi connectivity index (χ1) is 12.7. The minimum atomic E-state index is -0.282. The Labute approximate surface area is 154 Å². The Morgan fingerprint density at radius 1 is 1.23 bits per heavy atom. The average Bonchev–Trinajstić information content (AvgIpc) is 3.30. The van der Waals surface area contributed by atoms with Gasteiger partial charge in [0.05, 0.1) is 32.1 Å². The molecule has 0 atom stereocenters. The van der Waals surface area contributed by atoms with Crippen LogP contribution in [0.25, 0.3) is 0 Å². The Hall–Kier alpha value is -2.91. The van der Waals surface area contributed by atoms with Crippen molar-refractivity contribution < 1.29 is 14.3 Å². The highest BCUT2D eigenvalue weighted by molar-refractivity contribution is 7.14. The molecule has 0 aliphatic rings. The predicted molar refractivity (Wildman–Crippen MR) is 100 cm³/mol. The zero-order chi connectivity index (χ0) is 18.4. The van der Waals surface area contributed by atoms with Gasteiger partial charge in [-0.25, -0.2) is 4.98 Å². The summed E-state index contributed by atoms with van der Waals surface area (Å²) >= 11 is 1.36. The van der Waals surface area contributed by atoms with Gasteiger partial charge >= 0.3 is 0 Å². The van der Waals surface area contributed by atoms with Crippen LogP contribution in [0, 0.1) is 0 Å². The molecule has 26 heavy (non-hydrogen) atoms. The Morgan fingerprint density at radius 3 is 2.77 bits per heavy atom. The van der Waals surface area contributed by atoms with Crippen molar-refractivity contribution >= 4 is 33.8 Å². The van der Waals surface area contributed by atoms with Crippen LogP contribution in [0.15, 0.2) is 42.0 Å². The molecule has 2 heterocycles. The van der Waals surface area contributed by atoms with Crippen LogP contribution >= 0.6 is 11.3 Å². The molecule has 0 bridgehead atoms. The first-order valence-corrected chi connectivity index (χ1v) is 8.75. The molecule has 9 heteroatoms. The second-order valence-electron chi connectivity index (χ2n) is 5.33. The summed E-state index contributed by atoms with van der Waals surface area (Å²) in [5, 5.41) is 12.4. The monoisotopic (exact) mass is 373 g/mol. The number of methoxy groups -OCH3 is 2. The fraction of sp³-hybridized carbons (Fsp3) is 0.235. The number of ether oxygens (including phenoxy) is 2. The van der Waals surface area contributed by atoms with Crippen molar-refractivity contribution in [1.82, 2.24) is 14.8 Å². The largest absolute Gasteiger partial charge is 0.497 e. The van der Waals surface area contributed by atoms with Gasteiger partial charge in [-0.15, -0.1) is 11.3 Å². The lowest BCUT2D eigenvalue weighted by molar-refractivity contribution is 0.102. The number of hydrogen-bond acceptors (Lipinski definition) is 7. The second-order valence-corrected chi connectivity index (χ2v) is 6.19. The lowest BCUT2D eigenvalue weighted by Gasteiger charge is -2.04. The van der Waals surface area contributed by atoms with Gasteiger partial charge in [-0.05, 0) is 24.3 Å². The van der Waals surface area contributed by atoms with Gasteiger partial charge < -0.3 is 20.1 Å². The molecule has 3 rings (SSSR count). The first-order valence-electron chi connectivity index (χ1n) is 7.87. The van der Waals surface area contributed by atoms with Crippen LogP contribution in [0.2, 0.25) is 0 Å². The molecule has 8 nitrogen and oxygen atoms in total. The summed E-state index contributed by atoms with van der Waals surface area (Å²) < 4.78 is 11.8. The van der Waals surface area contributed by atoms with Gasteiger partial charge in [0, 0.05) is 24.4 Å². The molecule has 2 N–H and O–H groups in total. The number of carbonyl (C=O) groups excluding carboxylic acids is 1. The van der Waals surface area contributed by atoms with Crippen LogP contribution in [0.3, 0.4) is 0 Å². The van der Waals surface area contributed by atoms with E-state index in [1.54, 1.807) is 36.7 Å². The van der Waals surface area contributed by atoms with Crippen molar-refractivity contribution in [2.45, 2.75) is 6.54 Å². The van der Waals surface area contributed by atoms with Gasteiger partial charge in [0.25, 0.3) is 5.91 Å². The summed E-state index contributed by atoms with van der Waals surface area (Å²) in [6.45, 7) is 1.18. The van der Waals surface area contributed by atoms with Crippen LogP contribution in [0.5, 0.6) is 5.75 Å². The minimum Gasteiger partial charge on any atom is -0.497 e. The number of amides is 1. The third-order valence-corrected chi connectivity index (χ3v) is 4.25. The molecule has 0 radical (unpaired) electrons. The van der Waals surface area contributed by atoms with Gasteiger partial charge in [-0.1, -0.05) is 0 Å². The van der Waals surface area contributed by atoms with Crippen LogP contribution in [0.1, 0.15) is 10.5 Å². The summed E-state index contributed by atoms with van der Waals surface area (Å²) in [5.74, 6) is 0.496. The fourth-order valence-corrected chi connectivity index (χ4v) is 2.87. The van der Waals surface area contributed by atoms with Gasteiger partial charge in [0.1, 0.15) is 11.4 Å². The van der Waals surface area contributed by atoms with Crippen molar-refractivity contribution in [2.75, 3.05) is 31.5 Å². The van der Waals surface area contributed by atoms with E-state index in [4.69, 9.17) is 9.47 Å². The number of thiazole rings is 1. The van der Waals surface area contributed by atoms with Crippen LogP contribution in [-0.2, 0) is 11.3 Å². The number of nitrogens with zero attached hydrogens (tertiary/aromatic N) is 3. The number of nitrogens with one attached hydrogen (secondary N) is 2. The second kappa shape index (κ2) is 8.45. The average molecular weight is 373 g/mol. The molecule has 2 aromatic heterocycles. The van der Waals surface area contributed by atoms with Gasteiger partial charge in [0.15, 0.2) is 5.13 Å². The third-order valence-electron chi connectivity index (χ3n) is 3.49. The number of rotatable bonds is 8. The zero-order valence-electron chi connectivity index (χ0n) is 14.4. The maximum absolute atomic E-state index is 12.3. The maximum Gasteiger partial charge on any atom is 0.275 e. The van der Waals surface area contributed by atoms with Gasteiger partial charge in [0.2, 0.25) is 0 Å². The smallest absolute Gasteiger partial charge is 0.275 e. The highest BCUT2D eigenvalue weighted by Gasteiger charge is 2.12.